The number of nitrogens with zero attached hydrogens (tertiary/aromatic N) is 3. The van der Waals surface area contributed by atoms with Gasteiger partial charge in [-0.15, -0.1) is 0 Å². The van der Waals surface area contributed by atoms with Crippen molar-refractivity contribution in [2.75, 3.05) is 44.4 Å². The first-order valence-corrected chi connectivity index (χ1v) is 9.83. The summed E-state index contributed by atoms with van der Waals surface area (Å²) in [7, 11) is -1.34. The molecule has 0 spiro atoms. The van der Waals surface area contributed by atoms with E-state index in [-0.39, 0.29) is 0 Å². The third kappa shape index (κ3) is 4.45. The van der Waals surface area contributed by atoms with Crippen LogP contribution >= 0.6 is 0 Å². The number of guanidine groups is 1. The van der Waals surface area contributed by atoms with E-state index in [0.29, 0.717) is 19.6 Å². The fraction of sp³-hybridized carbons (Fsp3) is 0.562. The molecule has 0 atom stereocenters. The summed E-state index contributed by atoms with van der Waals surface area (Å²) in [6, 6.07) is 8.35. The minimum atomic E-state index is -3.11. The van der Waals surface area contributed by atoms with Crippen LogP contribution in [0.2, 0.25) is 0 Å². The Morgan fingerprint density at radius 1 is 1.39 bits per heavy atom. The molecule has 2 rings (SSSR count). The Kier molecular flexibility index (Phi) is 6.01. The summed E-state index contributed by atoms with van der Waals surface area (Å²) in [4.78, 5) is 6.54. The molecule has 0 fully saturated rings. The minimum absolute atomic E-state index is 0.507. The summed E-state index contributed by atoms with van der Waals surface area (Å²) < 4.78 is 24.6. The molecular formula is C16H26N4O2S. The molecular weight excluding hydrogens is 312 g/mol. The lowest BCUT2D eigenvalue weighted by Gasteiger charge is -2.23. The summed E-state index contributed by atoms with van der Waals surface area (Å²) >= 11 is 0. The second-order valence-corrected chi connectivity index (χ2v) is 7.59. The van der Waals surface area contributed by atoms with Crippen molar-refractivity contribution in [3.8, 4) is 0 Å². The maximum Gasteiger partial charge on any atom is 0.211 e. The fourth-order valence-electron chi connectivity index (χ4n) is 2.87. The Balaban J connectivity index is 1.88. The number of para-hydroxylation sites is 1. The van der Waals surface area contributed by atoms with E-state index in [9.17, 15) is 8.42 Å². The van der Waals surface area contributed by atoms with Crippen molar-refractivity contribution < 1.29 is 8.42 Å². The standard InChI is InChI=1S/C16H26N4O2S/c1-4-19(23(3,21)22)12-7-11-18-16(17-2)20-13-10-14-8-5-6-9-15(14)20/h5-6,8-9H,4,7,10-13H2,1-3H3,(H,17,18). The van der Waals surface area contributed by atoms with Crippen LogP contribution in [0.15, 0.2) is 29.3 Å². The first kappa shape index (κ1) is 17.7. The van der Waals surface area contributed by atoms with Crippen molar-refractivity contribution in [2.24, 2.45) is 4.99 Å². The summed E-state index contributed by atoms with van der Waals surface area (Å²) in [6.07, 6.45) is 3.02. The third-order valence-electron chi connectivity index (χ3n) is 4.04. The van der Waals surface area contributed by atoms with Crippen LogP contribution in [-0.4, -0.2) is 58.2 Å². The van der Waals surface area contributed by atoms with Gasteiger partial charge in [0, 0.05) is 38.9 Å². The molecule has 1 aromatic rings. The highest BCUT2D eigenvalue weighted by Crippen LogP contribution is 2.27. The van der Waals surface area contributed by atoms with E-state index in [1.165, 1.54) is 21.8 Å². The van der Waals surface area contributed by atoms with Gasteiger partial charge in [0.15, 0.2) is 5.96 Å². The lowest BCUT2D eigenvalue weighted by molar-refractivity contribution is 0.424. The zero-order valence-electron chi connectivity index (χ0n) is 14.1. The summed E-state index contributed by atoms with van der Waals surface area (Å²) in [6.45, 7) is 4.50. The van der Waals surface area contributed by atoms with E-state index in [4.69, 9.17) is 0 Å². The topological polar surface area (TPSA) is 65.0 Å². The lowest BCUT2D eigenvalue weighted by Crippen LogP contribution is -2.42. The highest BCUT2D eigenvalue weighted by molar-refractivity contribution is 7.88. The molecule has 128 valence electrons. The summed E-state index contributed by atoms with van der Waals surface area (Å²) in [5, 5.41) is 3.34. The number of anilines is 1. The zero-order valence-corrected chi connectivity index (χ0v) is 14.9. The molecule has 0 amide bonds. The van der Waals surface area contributed by atoms with Crippen molar-refractivity contribution in [3.63, 3.8) is 0 Å². The second-order valence-electron chi connectivity index (χ2n) is 5.61. The SMILES string of the molecule is CCN(CCCNC(=NC)N1CCc2ccccc21)S(C)(=O)=O. The van der Waals surface area contributed by atoms with Crippen molar-refractivity contribution >= 4 is 21.7 Å². The van der Waals surface area contributed by atoms with Gasteiger partial charge < -0.3 is 10.2 Å². The molecule has 23 heavy (non-hydrogen) atoms. The van der Waals surface area contributed by atoms with Crippen LogP contribution in [0.4, 0.5) is 5.69 Å². The monoisotopic (exact) mass is 338 g/mol. The predicted molar refractivity (Wildman–Crippen MR) is 95.6 cm³/mol. The van der Waals surface area contributed by atoms with E-state index in [1.54, 1.807) is 7.05 Å². The first-order chi connectivity index (χ1) is 11.0. The normalized spacial score (nSPS) is 15.1. The van der Waals surface area contributed by atoms with Crippen molar-refractivity contribution in [3.05, 3.63) is 29.8 Å². The first-order valence-electron chi connectivity index (χ1n) is 7.98. The molecule has 0 radical (unpaired) electrons. The number of hydrogen-bond donors (Lipinski definition) is 1. The van der Waals surface area contributed by atoms with Crippen molar-refractivity contribution in [1.82, 2.24) is 9.62 Å². The van der Waals surface area contributed by atoms with Gasteiger partial charge in [0.25, 0.3) is 0 Å². The van der Waals surface area contributed by atoms with E-state index in [1.807, 2.05) is 13.0 Å². The molecule has 1 N–H and O–H groups in total. The lowest BCUT2D eigenvalue weighted by atomic mass is 10.2. The number of nitrogens with one attached hydrogen (secondary N) is 1. The molecule has 1 heterocycles. The molecule has 1 aromatic carbocycles. The average Bonchev–Trinajstić information content (AvgIpc) is 2.94. The Morgan fingerprint density at radius 3 is 2.78 bits per heavy atom. The summed E-state index contributed by atoms with van der Waals surface area (Å²) in [5.41, 5.74) is 2.54. The largest absolute Gasteiger partial charge is 0.356 e. The van der Waals surface area contributed by atoms with Crippen LogP contribution in [0, 0.1) is 0 Å². The molecule has 0 aliphatic carbocycles. The van der Waals surface area contributed by atoms with Gasteiger partial charge in [0.2, 0.25) is 10.0 Å². The highest BCUT2D eigenvalue weighted by Gasteiger charge is 2.22. The van der Waals surface area contributed by atoms with E-state index in [0.717, 1.165) is 25.3 Å². The van der Waals surface area contributed by atoms with Crippen LogP contribution in [0.1, 0.15) is 18.9 Å². The van der Waals surface area contributed by atoms with Crippen molar-refractivity contribution in [1.29, 1.82) is 0 Å². The smallest absolute Gasteiger partial charge is 0.211 e. The molecule has 0 saturated heterocycles. The Bertz CT molecular complexity index is 658. The minimum Gasteiger partial charge on any atom is -0.356 e. The molecule has 0 aromatic heterocycles. The van der Waals surface area contributed by atoms with E-state index < -0.39 is 10.0 Å². The number of hydrogen-bond acceptors (Lipinski definition) is 3. The quantitative estimate of drug-likeness (QED) is 0.482. The van der Waals surface area contributed by atoms with Gasteiger partial charge in [-0.1, -0.05) is 25.1 Å². The van der Waals surface area contributed by atoms with Crippen LogP contribution in [0.5, 0.6) is 0 Å². The van der Waals surface area contributed by atoms with Gasteiger partial charge in [0.1, 0.15) is 0 Å². The molecule has 0 unspecified atom stereocenters. The van der Waals surface area contributed by atoms with Gasteiger partial charge in [0.05, 0.1) is 6.26 Å². The Morgan fingerprint density at radius 2 is 2.13 bits per heavy atom. The van der Waals surface area contributed by atoms with Gasteiger partial charge in [-0.3, -0.25) is 4.99 Å². The molecule has 0 bridgehead atoms. The van der Waals surface area contributed by atoms with Gasteiger partial charge in [-0.05, 0) is 24.5 Å². The second kappa shape index (κ2) is 7.79. The maximum absolute atomic E-state index is 11.6. The van der Waals surface area contributed by atoms with Gasteiger partial charge >= 0.3 is 0 Å². The number of rotatable bonds is 6. The molecule has 1 aliphatic rings. The summed E-state index contributed by atoms with van der Waals surface area (Å²) in [5.74, 6) is 0.845. The number of sulfonamides is 1. The van der Waals surface area contributed by atoms with Crippen molar-refractivity contribution in [2.45, 2.75) is 19.8 Å². The van der Waals surface area contributed by atoms with Gasteiger partial charge in [-0.25, -0.2) is 12.7 Å². The molecule has 0 saturated carbocycles. The third-order valence-corrected chi connectivity index (χ3v) is 5.42. The van der Waals surface area contributed by atoms with Crippen LogP contribution in [0.3, 0.4) is 0 Å². The van der Waals surface area contributed by atoms with Crippen LogP contribution < -0.4 is 10.2 Å². The maximum atomic E-state index is 11.6. The fourth-order valence-corrected chi connectivity index (χ4v) is 3.80. The highest BCUT2D eigenvalue weighted by atomic mass is 32.2. The number of benzene rings is 1. The molecule has 7 heteroatoms. The zero-order chi connectivity index (χ0) is 16.9. The Labute approximate surface area is 139 Å². The Hall–Kier alpha value is -1.60. The average molecular weight is 338 g/mol. The van der Waals surface area contributed by atoms with Gasteiger partial charge in [-0.2, -0.15) is 0 Å². The predicted octanol–water partition coefficient (Wildman–Crippen LogP) is 1.30. The van der Waals surface area contributed by atoms with Crippen LogP contribution in [0.25, 0.3) is 0 Å². The van der Waals surface area contributed by atoms with E-state index in [2.05, 4.69) is 33.4 Å². The molecule has 1 aliphatic heterocycles. The number of aliphatic imine (C=N–C) groups is 1. The van der Waals surface area contributed by atoms with E-state index >= 15 is 0 Å². The number of fused-ring (bicyclic) bond motifs is 1. The van der Waals surface area contributed by atoms with Crippen LogP contribution in [-0.2, 0) is 16.4 Å². The molecule has 6 nitrogen and oxygen atoms in total.